The minimum Gasteiger partial charge on any atom is -0.477 e. The topological polar surface area (TPSA) is 62.2 Å². The van der Waals surface area contributed by atoms with Crippen molar-refractivity contribution in [2.45, 2.75) is 32.7 Å². The lowest BCUT2D eigenvalue weighted by atomic mass is 10.1. The van der Waals surface area contributed by atoms with Crippen LogP contribution in [0.1, 0.15) is 34.3 Å². The van der Waals surface area contributed by atoms with Crippen LogP contribution in [-0.2, 0) is 6.42 Å². The Bertz CT molecular complexity index is 581. The number of nitrogens with zero attached hydrogens (tertiary/aromatic N) is 1. The third kappa shape index (κ3) is 3.81. The van der Waals surface area contributed by atoms with Crippen LogP contribution in [-0.4, -0.2) is 22.1 Å². The third-order valence-corrected chi connectivity index (χ3v) is 4.15. The molecule has 0 radical (unpaired) electrons. The van der Waals surface area contributed by atoms with Crippen molar-refractivity contribution < 1.29 is 9.90 Å². The standard InChI is InChI=1S/C15H18N2O2S/c1-10(8-9-12-6-4-3-5-7-12)16-15-17-11(2)13(20-15)14(18)19/h3-7,10H,8-9H2,1-2H3,(H,16,17)(H,18,19)/t10-/m1/s1. The highest BCUT2D eigenvalue weighted by atomic mass is 32.1. The lowest BCUT2D eigenvalue weighted by Crippen LogP contribution is -2.15. The van der Waals surface area contributed by atoms with Gasteiger partial charge in [-0.3, -0.25) is 0 Å². The van der Waals surface area contributed by atoms with E-state index in [0.29, 0.717) is 15.7 Å². The van der Waals surface area contributed by atoms with Crippen LogP contribution < -0.4 is 5.32 Å². The van der Waals surface area contributed by atoms with E-state index < -0.39 is 5.97 Å². The molecular weight excluding hydrogens is 272 g/mol. The Kier molecular flexibility index (Phi) is 4.74. The monoisotopic (exact) mass is 290 g/mol. The van der Waals surface area contributed by atoms with Gasteiger partial charge in [0.05, 0.1) is 5.69 Å². The number of aromatic nitrogens is 1. The average molecular weight is 290 g/mol. The van der Waals surface area contributed by atoms with Gasteiger partial charge >= 0.3 is 5.97 Å². The van der Waals surface area contributed by atoms with Gasteiger partial charge in [0.1, 0.15) is 4.88 Å². The fourth-order valence-electron chi connectivity index (χ4n) is 1.97. The Balaban J connectivity index is 1.90. The van der Waals surface area contributed by atoms with Crippen molar-refractivity contribution >= 4 is 22.4 Å². The first-order chi connectivity index (χ1) is 9.56. The fraction of sp³-hybridized carbons (Fsp3) is 0.333. The number of rotatable bonds is 6. The summed E-state index contributed by atoms with van der Waals surface area (Å²) in [5.74, 6) is -0.912. The zero-order valence-corrected chi connectivity index (χ0v) is 12.4. The summed E-state index contributed by atoms with van der Waals surface area (Å²) in [6.07, 6.45) is 1.97. The number of carboxylic acid groups (broad SMARTS) is 1. The largest absolute Gasteiger partial charge is 0.477 e. The van der Waals surface area contributed by atoms with Gasteiger partial charge in [0.25, 0.3) is 0 Å². The average Bonchev–Trinajstić information content (AvgIpc) is 2.78. The highest BCUT2D eigenvalue weighted by Crippen LogP contribution is 2.23. The van der Waals surface area contributed by atoms with Crippen molar-refractivity contribution in [2.75, 3.05) is 5.32 Å². The third-order valence-electron chi connectivity index (χ3n) is 3.07. The van der Waals surface area contributed by atoms with Gasteiger partial charge < -0.3 is 10.4 Å². The molecule has 4 nitrogen and oxygen atoms in total. The van der Waals surface area contributed by atoms with E-state index in [1.54, 1.807) is 6.92 Å². The number of hydrogen-bond acceptors (Lipinski definition) is 4. The van der Waals surface area contributed by atoms with Gasteiger partial charge in [0.15, 0.2) is 5.13 Å². The molecule has 0 saturated heterocycles. The van der Waals surface area contributed by atoms with Gasteiger partial charge in [-0.15, -0.1) is 0 Å². The number of hydrogen-bond donors (Lipinski definition) is 2. The van der Waals surface area contributed by atoms with Crippen LogP contribution in [0.5, 0.6) is 0 Å². The lowest BCUT2D eigenvalue weighted by molar-refractivity contribution is 0.0701. The maximum Gasteiger partial charge on any atom is 0.347 e. The number of nitrogens with one attached hydrogen (secondary N) is 1. The van der Waals surface area contributed by atoms with Gasteiger partial charge in [-0.1, -0.05) is 41.7 Å². The molecule has 1 aromatic heterocycles. The summed E-state index contributed by atoms with van der Waals surface area (Å²) in [5, 5.41) is 13.0. The van der Waals surface area contributed by atoms with Crippen molar-refractivity contribution in [2.24, 2.45) is 0 Å². The minimum absolute atomic E-state index is 0.252. The maximum absolute atomic E-state index is 11.0. The van der Waals surface area contributed by atoms with E-state index in [0.717, 1.165) is 12.8 Å². The van der Waals surface area contributed by atoms with E-state index in [1.165, 1.54) is 16.9 Å². The van der Waals surface area contributed by atoms with E-state index in [4.69, 9.17) is 5.11 Å². The molecule has 0 aliphatic heterocycles. The van der Waals surface area contributed by atoms with E-state index in [1.807, 2.05) is 18.2 Å². The van der Waals surface area contributed by atoms with Crippen LogP contribution in [0.25, 0.3) is 0 Å². The number of carboxylic acids is 1. The van der Waals surface area contributed by atoms with Crippen LogP contribution in [0, 0.1) is 6.92 Å². The predicted molar refractivity (Wildman–Crippen MR) is 81.7 cm³/mol. The lowest BCUT2D eigenvalue weighted by Gasteiger charge is -2.12. The van der Waals surface area contributed by atoms with Crippen molar-refractivity contribution in [1.82, 2.24) is 4.98 Å². The summed E-state index contributed by atoms with van der Waals surface area (Å²) in [6.45, 7) is 3.81. The second-order valence-electron chi connectivity index (χ2n) is 4.81. The number of thiazole rings is 1. The van der Waals surface area contributed by atoms with Crippen LogP contribution in [0.4, 0.5) is 5.13 Å². The second-order valence-corrected chi connectivity index (χ2v) is 5.81. The molecule has 5 heteroatoms. The van der Waals surface area contributed by atoms with Gasteiger partial charge in [0.2, 0.25) is 0 Å². The molecule has 0 fully saturated rings. The van der Waals surface area contributed by atoms with Gasteiger partial charge in [0, 0.05) is 6.04 Å². The molecule has 1 atom stereocenters. The number of anilines is 1. The first-order valence-corrected chi connectivity index (χ1v) is 7.39. The molecule has 0 aliphatic carbocycles. The predicted octanol–water partition coefficient (Wildman–Crippen LogP) is 3.58. The fourth-order valence-corrected chi connectivity index (χ4v) is 2.88. The molecule has 20 heavy (non-hydrogen) atoms. The van der Waals surface area contributed by atoms with Crippen molar-refractivity contribution in [3.05, 3.63) is 46.5 Å². The molecule has 0 aliphatic rings. The summed E-state index contributed by atoms with van der Waals surface area (Å²) in [7, 11) is 0. The van der Waals surface area contributed by atoms with E-state index in [-0.39, 0.29) is 6.04 Å². The summed E-state index contributed by atoms with van der Waals surface area (Å²) in [5.41, 5.74) is 1.88. The quantitative estimate of drug-likeness (QED) is 0.853. The number of aromatic carboxylic acids is 1. The molecule has 0 spiro atoms. The Morgan fingerprint density at radius 2 is 2.10 bits per heavy atom. The molecule has 106 valence electrons. The zero-order valence-electron chi connectivity index (χ0n) is 11.6. The Labute approximate surface area is 122 Å². The van der Waals surface area contributed by atoms with Crippen LogP contribution >= 0.6 is 11.3 Å². The number of aryl methyl sites for hydroxylation is 2. The Morgan fingerprint density at radius 3 is 2.70 bits per heavy atom. The van der Waals surface area contributed by atoms with Gasteiger partial charge in [-0.2, -0.15) is 0 Å². The van der Waals surface area contributed by atoms with Crippen molar-refractivity contribution in [1.29, 1.82) is 0 Å². The zero-order chi connectivity index (χ0) is 14.5. The first-order valence-electron chi connectivity index (χ1n) is 6.57. The van der Waals surface area contributed by atoms with Gasteiger partial charge in [-0.05, 0) is 32.3 Å². The molecule has 2 N–H and O–H groups in total. The molecule has 0 saturated carbocycles. The molecule has 2 rings (SSSR count). The maximum atomic E-state index is 11.0. The van der Waals surface area contributed by atoms with Crippen molar-refractivity contribution in [3.63, 3.8) is 0 Å². The van der Waals surface area contributed by atoms with Crippen LogP contribution in [0.15, 0.2) is 30.3 Å². The van der Waals surface area contributed by atoms with Crippen molar-refractivity contribution in [3.8, 4) is 0 Å². The smallest absolute Gasteiger partial charge is 0.347 e. The summed E-state index contributed by atoms with van der Waals surface area (Å²) < 4.78 is 0. The minimum atomic E-state index is -0.912. The summed E-state index contributed by atoms with van der Waals surface area (Å²) in [4.78, 5) is 15.5. The normalized spacial score (nSPS) is 12.1. The summed E-state index contributed by atoms with van der Waals surface area (Å²) in [6, 6.07) is 10.6. The Morgan fingerprint density at radius 1 is 1.40 bits per heavy atom. The molecule has 1 aromatic carbocycles. The number of benzene rings is 1. The van der Waals surface area contributed by atoms with Gasteiger partial charge in [-0.25, -0.2) is 9.78 Å². The molecule has 0 unspecified atom stereocenters. The highest BCUT2D eigenvalue weighted by molar-refractivity contribution is 7.17. The SMILES string of the molecule is Cc1nc(N[C@H](C)CCc2ccccc2)sc1C(=O)O. The van der Waals surface area contributed by atoms with Crippen LogP contribution in [0.3, 0.4) is 0 Å². The van der Waals surface area contributed by atoms with E-state index in [2.05, 4.69) is 29.4 Å². The van der Waals surface area contributed by atoms with E-state index >= 15 is 0 Å². The molecular formula is C15H18N2O2S. The Hall–Kier alpha value is -1.88. The summed E-state index contributed by atoms with van der Waals surface area (Å²) >= 11 is 1.20. The molecule has 1 heterocycles. The molecule has 2 aromatic rings. The second kappa shape index (κ2) is 6.52. The first kappa shape index (κ1) is 14.5. The van der Waals surface area contributed by atoms with E-state index in [9.17, 15) is 4.79 Å². The molecule has 0 bridgehead atoms. The highest BCUT2D eigenvalue weighted by Gasteiger charge is 2.14. The number of carbonyl (C=O) groups is 1. The molecule has 0 amide bonds. The van der Waals surface area contributed by atoms with Crippen LogP contribution in [0.2, 0.25) is 0 Å².